The summed E-state index contributed by atoms with van der Waals surface area (Å²) in [4.78, 5) is 14.1. The highest BCUT2D eigenvalue weighted by molar-refractivity contribution is 7.15. The molecule has 7 heteroatoms. The highest BCUT2D eigenvalue weighted by Crippen LogP contribution is 2.28. The first kappa shape index (κ1) is 15.7. The van der Waals surface area contributed by atoms with Gasteiger partial charge in [0, 0.05) is 18.5 Å². The lowest BCUT2D eigenvalue weighted by Crippen LogP contribution is -2.38. The van der Waals surface area contributed by atoms with E-state index in [9.17, 15) is 9.90 Å². The SMILES string of the molecule is CC(C)(C)c1nnc(NC(=O)N2CCc3ccc(O)cc3C2)s1. The normalized spacial score (nSPS) is 14.5. The Morgan fingerprint density at radius 2 is 2.09 bits per heavy atom. The Balaban J connectivity index is 1.69. The molecule has 6 nitrogen and oxygen atoms in total. The summed E-state index contributed by atoms with van der Waals surface area (Å²) in [6, 6.07) is 5.14. The van der Waals surface area contributed by atoms with Crippen LogP contribution >= 0.6 is 11.3 Å². The van der Waals surface area contributed by atoms with Gasteiger partial charge >= 0.3 is 6.03 Å². The summed E-state index contributed by atoms with van der Waals surface area (Å²) in [5, 5.41) is 22.0. The number of phenols is 1. The molecule has 0 fully saturated rings. The predicted molar refractivity (Wildman–Crippen MR) is 89.8 cm³/mol. The molecule has 0 saturated carbocycles. The predicted octanol–water partition coefficient (Wildman–Crippen LogP) is 3.13. The fraction of sp³-hybridized carbons (Fsp3) is 0.438. The Morgan fingerprint density at radius 3 is 2.78 bits per heavy atom. The highest BCUT2D eigenvalue weighted by Gasteiger charge is 2.24. The number of hydrogen-bond acceptors (Lipinski definition) is 5. The van der Waals surface area contributed by atoms with Crippen molar-refractivity contribution >= 4 is 22.5 Å². The molecule has 0 atom stereocenters. The molecule has 0 unspecified atom stereocenters. The number of fused-ring (bicyclic) bond motifs is 1. The third-order valence-electron chi connectivity index (χ3n) is 3.77. The van der Waals surface area contributed by atoms with E-state index in [1.807, 2.05) is 6.07 Å². The van der Waals surface area contributed by atoms with E-state index in [1.165, 1.54) is 16.9 Å². The first-order chi connectivity index (χ1) is 10.8. The number of carbonyl (C=O) groups is 1. The van der Waals surface area contributed by atoms with Crippen LogP contribution in [0.15, 0.2) is 18.2 Å². The minimum Gasteiger partial charge on any atom is -0.508 e. The van der Waals surface area contributed by atoms with E-state index in [0.717, 1.165) is 17.0 Å². The van der Waals surface area contributed by atoms with Crippen molar-refractivity contribution in [2.24, 2.45) is 0 Å². The smallest absolute Gasteiger partial charge is 0.324 e. The second-order valence-corrected chi connectivity index (χ2v) is 7.69. The molecule has 23 heavy (non-hydrogen) atoms. The van der Waals surface area contributed by atoms with Crippen LogP contribution in [-0.2, 0) is 18.4 Å². The molecule has 3 rings (SSSR count). The Morgan fingerprint density at radius 1 is 1.30 bits per heavy atom. The second-order valence-electron chi connectivity index (χ2n) is 6.72. The molecule has 2 heterocycles. The number of phenolic OH excluding ortho intramolecular Hbond substituents is 1. The van der Waals surface area contributed by atoms with Crippen LogP contribution in [-0.4, -0.2) is 32.8 Å². The quantitative estimate of drug-likeness (QED) is 0.841. The average molecular weight is 332 g/mol. The molecule has 0 bridgehead atoms. The van der Waals surface area contributed by atoms with Gasteiger partial charge in [-0.25, -0.2) is 4.79 Å². The number of benzene rings is 1. The molecule has 0 spiro atoms. The van der Waals surface area contributed by atoms with Gasteiger partial charge in [-0.3, -0.25) is 5.32 Å². The zero-order chi connectivity index (χ0) is 16.6. The zero-order valence-electron chi connectivity index (χ0n) is 13.5. The van der Waals surface area contributed by atoms with E-state index in [1.54, 1.807) is 17.0 Å². The number of hydrogen-bond donors (Lipinski definition) is 2. The zero-order valence-corrected chi connectivity index (χ0v) is 14.3. The van der Waals surface area contributed by atoms with Gasteiger partial charge < -0.3 is 10.0 Å². The Hall–Kier alpha value is -2.15. The van der Waals surface area contributed by atoms with Crippen molar-refractivity contribution in [1.29, 1.82) is 0 Å². The lowest BCUT2D eigenvalue weighted by molar-refractivity contribution is 0.206. The van der Waals surface area contributed by atoms with Crippen LogP contribution in [0.1, 0.15) is 36.9 Å². The Kier molecular flexibility index (Phi) is 3.97. The summed E-state index contributed by atoms with van der Waals surface area (Å²) in [6.45, 7) is 7.32. The van der Waals surface area contributed by atoms with E-state index in [2.05, 4.69) is 36.3 Å². The minimum atomic E-state index is -0.185. The van der Waals surface area contributed by atoms with Crippen LogP contribution in [0.5, 0.6) is 5.75 Å². The number of amides is 2. The molecule has 0 saturated heterocycles. The molecule has 0 radical (unpaired) electrons. The molecule has 1 aliphatic rings. The van der Waals surface area contributed by atoms with Gasteiger partial charge in [-0.05, 0) is 29.7 Å². The first-order valence-corrected chi connectivity index (χ1v) is 8.35. The van der Waals surface area contributed by atoms with Crippen molar-refractivity contribution in [3.63, 3.8) is 0 Å². The van der Waals surface area contributed by atoms with Crippen molar-refractivity contribution in [2.75, 3.05) is 11.9 Å². The molecule has 2 N–H and O–H groups in total. The monoisotopic (exact) mass is 332 g/mol. The van der Waals surface area contributed by atoms with E-state index >= 15 is 0 Å². The molecular formula is C16H20N4O2S. The maximum absolute atomic E-state index is 12.4. The second kappa shape index (κ2) is 5.81. The maximum Gasteiger partial charge on any atom is 0.324 e. The molecule has 1 aromatic carbocycles. The van der Waals surface area contributed by atoms with Gasteiger partial charge in [-0.1, -0.05) is 38.2 Å². The van der Waals surface area contributed by atoms with Gasteiger partial charge in [0.1, 0.15) is 10.8 Å². The van der Waals surface area contributed by atoms with Gasteiger partial charge in [0.15, 0.2) is 0 Å². The summed E-state index contributed by atoms with van der Waals surface area (Å²) < 4.78 is 0. The van der Waals surface area contributed by atoms with Crippen LogP contribution in [0, 0.1) is 0 Å². The molecule has 122 valence electrons. The number of nitrogens with one attached hydrogen (secondary N) is 1. The number of nitrogens with zero attached hydrogens (tertiary/aromatic N) is 3. The molecular weight excluding hydrogens is 312 g/mol. The van der Waals surface area contributed by atoms with E-state index in [0.29, 0.717) is 18.2 Å². The van der Waals surface area contributed by atoms with Gasteiger partial charge in [0.2, 0.25) is 5.13 Å². The van der Waals surface area contributed by atoms with E-state index in [4.69, 9.17) is 0 Å². The summed E-state index contributed by atoms with van der Waals surface area (Å²) in [5.74, 6) is 0.227. The van der Waals surface area contributed by atoms with Crippen molar-refractivity contribution < 1.29 is 9.90 Å². The highest BCUT2D eigenvalue weighted by atomic mass is 32.1. The Labute approximate surface area is 139 Å². The molecule has 2 amide bonds. The number of rotatable bonds is 1. The van der Waals surface area contributed by atoms with Crippen LogP contribution in [0.4, 0.5) is 9.93 Å². The van der Waals surface area contributed by atoms with Gasteiger partial charge in [0.05, 0.1) is 0 Å². The lowest BCUT2D eigenvalue weighted by atomic mass is 9.98. The van der Waals surface area contributed by atoms with Gasteiger partial charge in [0.25, 0.3) is 0 Å². The number of anilines is 1. The Bertz CT molecular complexity index is 736. The minimum absolute atomic E-state index is 0.0811. The van der Waals surface area contributed by atoms with E-state index < -0.39 is 0 Å². The van der Waals surface area contributed by atoms with Crippen LogP contribution in [0.3, 0.4) is 0 Å². The van der Waals surface area contributed by atoms with Crippen LogP contribution in [0.25, 0.3) is 0 Å². The topological polar surface area (TPSA) is 78.4 Å². The number of aromatic nitrogens is 2. The molecule has 0 aliphatic carbocycles. The summed E-state index contributed by atoms with van der Waals surface area (Å²) in [7, 11) is 0. The third-order valence-corrected chi connectivity index (χ3v) is 5.03. The molecule has 1 aliphatic heterocycles. The van der Waals surface area contributed by atoms with E-state index in [-0.39, 0.29) is 17.2 Å². The van der Waals surface area contributed by atoms with Crippen LogP contribution in [0.2, 0.25) is 0 Å². The van der Waals surface area contributed by atoms with Crippen LogP contribution < -0.4 is 5.32 Å². The number of aromatic hydroxyl groups is 1. The number of urea groups is 1. The first-order valence-electron chi connectivity index (χ1n) is 7.53. The van der Waals surface area contributed by atoms with Crippen molar-refractivity contribution in [3.8, 4) is 5.75 Å². The van der Waals surface area contributed by atoms with Crippen molar-refractivity contribution in [3.05, 3.63) is 34.3 Å². The fourth-order valence-corrected chi connectivity index (χ4v) is 3.26. The summed E-state index contributed by atoms with van der Waals surface area (Å²) in [6.07, 6.45) is 0.784. The molecule has 2 aromatic rings. The summed E-state index contributed by atoms with van der Waals surface area (Å²) in [5.41, 5.74) is 2.08. The van der Waals surface area contributed by atoms with Crippen molar-refractivity contribution in [2.45, 2.75) is 39.2 Å². The average Bonchev–Trinajstić information content (AvgIpc) is 2.95. The maximum atomic E-state index is 12.4. The third kappa shape index (κ3) is 3.44. The number of carbonyl (C=O) groups excluding carboxylic acids is 1. The van der Waals surface area contributed by atoms with Gasteiger partial charge in [-0.2, -0.15) is 0 Å². The van der Waals surface area contributed by atoms with Gasteiger partial charge in [-0.15, -0.1) is 10.2 Å². The largest absolute Gasteiger partial charge is 0.508 e. The fourth-order valence-electron chi connectivity index (χ4n) is 2.46. The summed E-state index contributed by atoms with van der Waals surface area (Å²) >= 11 is 1.40. The van der Waals surface area contributed by atoms with Crippen molar-refractivity contribution in [1.82, 2.24) is 15.1 Å². The lowest BCUT2D eigenvalue weighted by Gasteiger charge is -2.28. The molecule has 1 aromatic heterocycles. The standard InChI is InChI=1S/C16H20N4O2S/c1-16(2,3)13-18-19-14(23-13)17-15(22)20-7-6-10-4-5-12(21)8-11(10)9-20/h4-5,8,21H,6-7,9H2,1-3H3,(H,17,19,22).